The zero-order chi connectivity index (χ0) is 18.9. The minimum Gasteiger partial charge on any atom is -0.353 e. The van der Waals surface area contributed by atoms with Crippen molar-refractivity contribution < 1.29 is 13.2 Å². The lowest BCUT2D eigenvalue weighted by atomic mass is 10.00. The number of nitrogens with one attached hydrogen (secondary N) is 3. The summed E-state index contributed by atoms with van der Waals surface area (Å²) in [7, 11) is -3.63. The average Bonchev–Trinajstić information content (AvgIpc) is 2.99. The lowest BCUT2D eigenvalue weighted by molar-refractivity contribution is -0.121. The number of fused-ring (bicyclic) bond motifs is 3. The third-order valence-electron chi connectivity index (χ3n) is 5.51. The third-order valence-corrected chi connectivity index (χ3v) is 6.97. The van der Waals surface area contributed by atoms with Crippen LogP contribution in [-0.2, 0) is 14.8 Å². The molecule has 8 heteroatoms. The monoisotopic (exact) mass is 423 g/mol. The number of hydrogen-bond donors (Lipinski definition) is 3. The number of carbonyl (C=O) groups is 1. The lowest BCUT2D eigenvalue weighted by Gasteiger charge is -2.29. The molecule has 1 amide bonds. The predicted octanol–water partition coefficient (Wildman–Crippen LogP) is 2.33. The van der Waals surface area contributed by atoms with Crippen molar-refractivity contribution in [3.05, 3.63) is 42.5 Å². The van der Waals surface area contributed by atoms with Crippen LogP contribution in [0.3, 0.4) is 0 Å². The molecule has 2 fully saturated rings. The standard InChI is InChI=1S/C20H25N3O3S.ClH/c24-20(23-18-12-16-6-7-17(13-18)22-16)9-10-21-27(25,26)19-8-5-14-3-1-2-4-15(14)11-19;/h1-5,8,11,16-18,21-22H,6-7,9-10,12-13H2,(H,23,24);1H. The fourth-order valence-corrected chi connectivity index (χ4v) is 5.26. The molecular weight excluding hydrogens is 398 g/mol. The lowest BCUT2D eigenvalue weighted by Crippen LogP contribution is -2.48. The summed E-state index contributed by atoms with van der Waals surface area (Å²) >= 11 is 0. The van der Waals surface area contributed by atoms with Gasteiger partial charge in [-0.3, -0.25) is 4.79 Å². The normalized spacial score (nSPS) is 23.9. The molecule has 2 atom stereocenters. The highest BCUT2D eigenvalue weighted by Gasteiger charge is 2.33. The van der Waals surface area contributed by atoms with E-state index in [-0.39, 0.29) is 42.2 Å². The number of piperidine rings is 1. The molecular formula is C20H26ClN3O3S. The Hall–Kier alpha value is -1.67. The molecule has 2 aromatic rings. The van der Waals surface area contributed by atoms with Crippen LogP contribution >= 0.6 is 12.4 Å². The average molecular weight is 424 g/mol. The summed E-state index contributed by atoms with van der Waals surface area (Å²) in [5.74, 6) is -0.0949. The van der Waals surface area contributed by atoms with Gasteiger partial charge in [-0.2, -0.15) is 0 Å². The largest absolute Gasteiger partial charge is 0.353 e. The summed E-state index contributed by atoms with van der Waals surface area (Å²) in [6.07, 6.45) is 4.44. The van der Waals surface area contributed by atoms with Gasteiger partial charge in [0.1, 0.15) is 0 Å². The zero-order valence-corrected chi connectivity index (χ0v) is 17.2. The van der Waals surface area contributed by atoms with Crippen LogP contribution in [0.25, 0.3) is 10.8 Å². The smallest absolute Gasteiger partial charge is 0.240 e. The number of hydrogen-bond acceptors (Lipinski definition) is 4. The van der Waals surface area contributed by atoms with E-state index in [4.69, 9.17) is 0 Å². The van der Waals surface area contributed by atoms with Crippen molar-refractivity contribution in [1.82, 2.24) is 15.4 Å². The van der Waals surface area contributed by atoms with Crippen molar-refractivity contribution in [2.24, 2.45) is 0 Å². The molecule has 28 heavy (non-hydrogen) atoms. The fraction of sp³-hybridized carbons (Fsp3) is 0.450. The van der Waals surface area contributed by atoms with Crippen LogP contribution in [0, 0.1) is 0 Å². The second-order valence-electron chi connectivity index (χ2n) is 7.53. The molecule has 4 rings (SSSR count). The fourth-order valence-electron chi connectivity index (χ4n) is 4.19. The molecule has 2 aromatic carbocycles. The Morgan fingerprint density at radius 2 is 1.71 bits per heavy atom. The Labute approximate surface area is 171 Å². The second kappa shape index (κ2) is 8.78. The van der Waals surface area contributed by atoms with Crippen LogP contribution in [-0.4, -0.2) is 39.0 Å². The van der Waals surface area contributed by atoms with E-state index in [1.807, 2.05) is 24.3 Å². The van der Waals surface area contributed by atoms with Gasteiger partial charge >= 0.3 is 0 Å². The van der Waals surface area contributed by atoms with Gasteiger partial charge in [0.15, 0.2) is 0 Å². The maximum Gasteiger partial charge on any atom is 0.240 e. The molecule has 2 aliphatic heterocycles. The molecule has 0 saturated carbocycles. The first kappa shape index (κ1) is 21.0. The maximum absolute atomic E-state index is 12.5. The molecule has 3 N–H and O–H groups in total. The summed E-state index contributed by atoms with van der Waals surface area (Å²) in [6.45, 7) is 0.0961. The Morgan fingerprint density at radius 3 is 2.43 bits per heavy atom. The van der Waals surface area contributed by atoms with Gasteiger partial charge in [0.05, 0.1) is 4.90 Å². The molecule has 6 nitrogen and oxygen atoms in total. The first-order valence-electron chi connectivity index (χ1n) is 9.53. The Kier molecular flexibility index (Phi) is 6.60. The van der Waals surface area contributed by atoms with Crippen molar-refractivity contribution in [2.45, 2.75) is 55.1 Å². The molecule has 0 radical (unpaired) electrons. The van der Waals surface area contributed by atoms with Gasteiger partial charge in [-0.15, -0.1) is 12.4 Å². The summed E-state index contributed by atoms with van der Waals surface area (Å²) < 4.78 is 27.5. The molecule has 2 saturated heterocycles. The van der Waals surface area contributed by atoms with Crippen LogP contribution in [0.1, 0.15) is 32.1 Å². The van der Waals surface area contributed by atoms with Crippen molar-refractivity contribution in [2.75, 3.05) is 6.54 Å². The topological polar surface area (TPSA) is 87.3 Å². The first-order chi connectivity index (χ1) is 13.0. The minimum absolute atomic E-state index is 0. The van der Waals surface area contributed by atoms with Gasteiger partial charge < -0.3 is 10.6 Å². The quantitative estimate of drug-likeness (QED) is 0.665. The molecule has 2 aliphatic rings. The summed E-state index contributed by atoms with van der Waals surface area (Å²) in [6, 6.07) is 13.9. The summed E-state index contributed by atoms with van der Waals surface area (Å²) in [4.78, 5) is 12.4. The molecule has 0 spiro atoms. The van der Waals surface area contributed by atoms with Crippen molar-refractivity contribution >= 4 is 39.1 Å². The third kappa shape index (κ3) is 4.84. The number of sulfonamides is 1. The van der Waals surface area contributed by atoms with Crippen LogP contribution in [0.5, 0.6) is 0 Å². The highest BCUT2D eigenvalue weighted by Crippen LogP contribution is 2.26. The highest BCUT2D eigenvalue weighted by molar-refractivity contribution is 7.89. The van der Waals surface area contributed by atoms with Gasteiger partial charge in [-0.1, -0.05) is 30.3 Å². The molecule has 152 valence electrons. The van der Waals surface area contributed by atoms with Crippen LogP contribution in [0.15, 0.2) is 47.4 Å². The van der Waals surface area contributed by atoms with Gasteiger partial charge in [0.2, 0.25) is 15.9 Å². The van der Waals surface area contributed by atoms with Crippen LogP contribution in [0.2, 0.25) is 0 Å². The Bertz CT molecular complexity index is 939. The molecule has 2 unspecified atom stereocenters. The predicted molar refractivity (Wildman–Crippen MR) is 112 cm³/mol. The number of rotatable bonds is 6. The second-order valence-corrected chi connectivity index (χ2v) is 9.30. The van der Waals surface area contributed by atoms with Crippen molar-refractivity contribution in [3.8, 4) is 0 Å². The van der Waals surface area contributed by atoms with E-state index in [1.54, 1.807) is 18.2 Å². The number of carbonyl (C=O) groups excluding carboxylic acids is 1. The molecule has 0 aliphatic carbocycles. The summed E-state index contributed by atoms with van der Waals surface area (Å²) in [5, 5.41) is 8.47. The Morgan fingerprint density at radius 1 is 1.04 bits per heavy atom. The van der Waals surface area contributed by atoms with Crippen molar-refractivity contribution in [3.63, 3.8) is 0 Å². The van der Waals surface area contributed by atoms with E-state index in [0.29, 0.717) is 12.1 Å². The number of benzene rings is 2. The van der Waals surface area contributed by atoms with Gasteiger partial charge in [0, 0.05) is 31.1 Å². The zero-order valence-electron chi connectivity index (χ0n) is 15.6. The van der Waals surface area contributed by atoms with E-state index in [1.165, 1.54) is 12.8 Å². The SMILES string of the molecule is Cl.O=C(CCNS(=O)(=O)c1ccc2ccccc2c1)NC1CC2CCC(C1)N2. The van der Waals surface area contributed by atoms with Crippen molar-refractivity contribution in [1.29, 1.82) is 0 Å². The van der Waals surface area contributed by atoms with E-state index in [0.717, 1.165) is 23.6 Å². The van der Waals surface area contributed by atoms with Gasteiger partial charge in [-0.05, 0) is 48.6 Å². The maximum atomic E-state index is 12.5. The molecule has 0 aromatic heterocycles. The van der Waals surface area contributed by atoms with E-state index >= 15 is 0 Å². The first-order valence-corrected chi connectivity index (χ1v) is 11.0. The summed E-state index contributed by atoms with van der Waals surface area (Å²) in [5.41, 5.74) is 0. The number of amides is 1. The van der Waals surface area contributed by atoms with E-state index in [2.05, 4.69) is 15.4 Å². The van der Waals surface area contributed by atoms with E-state index in [9.17, 15) is 13.2 Å². The van der Waals surface area contributed by atoms with Crippen LogP contribution in [0.4, 0.5) is 0 Å². The molecule has 2 bridgehead atoms. The minimum atomic E-state index is -3.63. The number of halogens is 1. The Balaban J connectivity index is 0.00000225. The van der Waals surface area contributed by atoms with Gasteiger partial charge in [-0.25, -0.2) is 13.1 Å². The van der Waals surface area contributed by atoms with E-state index < -0.39 is 10.0 Å². The van der Waals surface area contributed by atoms with Crippen LogP contribution < -0.4 is 15.4 Å². The van der Waals surface area contributed by atoms with Gasteiger partial charge in [0.25, 0.3) is 0 Å². The highest BCUT2D eigenvalue weighted by atomic mass is 35.5. The molecule has 2 heterocycles.